The van der Waals surface area contributed by atoms with Crippen LogP contribution in [0.1, 0.15) is 42.6 Å². The van der Waals surface area contributed by atoms with E-state index in [-0.39, 0.29) is 5.91 Å². The zero-order valence-corrected chi connectivity index (χ0v) is 10.2. The van der Waals surface area contributed by atoms with Crippen LogP contribution >= 0.6 is 0 Å². The minimum Gasteiger partial charge on any atom is -0.335 e. The van der Waals surface area contributed by atoms with Gasteiger partial charge in [-0.1, -0.05) is 32.0 Å². The van der Waals surface area contributed by atoms with Crippen molar-refractivity contribution in [2.45, 2.75) is 33.1 Å². The van der Waals surface area contributed by atoms with Crippen molar-refractivity contribution in [2.24, 2.45) is 0 Å². The van der Waals surface area contributed by atoms with Gasteiger partial charge in [-0.3, -0.25) is 4.79 Å². The lowest BCUT2D eigenvalue weighted by Crippen LogP contribution is -2.27. The Kier molecular flexibility index (Phi) is 5.20. The molecule has 0 fully saturated rings. The summed E-state index contributed by atoms with van der Waals surface area (Å²) in [5, 5.41) is 0. The Morgan fingerprint density at radius 2 is 1.94 bits per heavy atom. The first-order chi connectivity index (χ1) is 8.19. The topological polar surface area (TPSA) is 55.4 Å². The molecule has 17 heavy (non-hydrogen) atoms. The van der Waals surface area contributed by atoms with E-state index >= 15 is 0 Å². The van der Waals surface area contributed by atoms with Crippen molar-refractivity contribution < 1.29 is 14.4 Å². The van der Waals surface area contributed by atoms with E-state index < -0.39 is 5.97 Å². The van der Waals surface area contributed by atoms with Crippen LogP contribution in [0.4, 0.5) is 0 Å². The maximum atomic E-state index is 11.7. The predicted molar refractivity (Wildman–Crippen MR) is 64.3 cm³/mol. The van der Waals surface area contributed by atoms with Crippen molar-refractivity contribution in [2.75, 3.05) is 0 Å². The van der Waals surface area contributed by atoms with Crippen LogP contribution in [-0.2, 0) is 16.1 Å². The van der Waals surface area contributed by atoms with Crippen molar-refractivity contribution in [1.82, 2.24) is 5.48 Å². The smallest absolute Gasteiger partial charge is 0.335 e. The molecule has 0 saturated heterocycles. The van der Waals surface area contributed by atoms with Crippen LogP contribution in [0.3, 0.4) is 0 Å². The summed E-state index contributed by atoms with van der Waals surface area (Å²) in [5.41, 5.74) is 3.54. The van der Waals surface area contributed by atoms with Crippen molar-refractivity contribution in [3.63, 3.8) is 0 Å². The quantitative estimate of drug-likeness (QED) is 0.814. The van der Waals surface area contributed by atoms with Crippen LogP contribution in [0.25, 0.3) is 0 Å². The normalized spacial score (nSPS) is 9.76. The van der Waals surface area contributed by atoms with E-state index in [1.54, 1.807) is 12.1 Å². The fourth-order valence-corrected chi connectivity index (χ4v) is 1.46. The molecule has 1 aromatic carbocycles. The first kappa shape index (κ1) is 13.2. The van der Waals surface area contributed by atoms with Gasteiger partial charge in [0.25, 0.3) is 5.91 Å². The summed E-state index contributed by atoms with van der Waals surface area (Å²) < 4.78 is 0. The lowest BCUT2D eigenvalue weighted by Gasteiger charge is -2.07. The Labute approximate surface area is 101 Å². The van der Waals surface area contributed by atoms with Crippen LogP contribution in [0.15, 0.2) is 24.3 Å². The van der Waals surface area contributed by atoms with Gasteiger partial charge in [-0.05, 0) is 24.5 Å². The molecule has 0 aliphatic carbocycles. The average molecular weight is 235 g/mol. The van der Waals surface area contributed by atoms with Gasteiger partial charge in [0.1, 0.15) is 0 Å². The molecule has 1 aromatic rings. The number of benzene rings is 1. The molecule has 0 aromatic heterocycles. The number of aryl methyl sites for hydroxylation is 1. The Morgan fingerprint density at radius 3 is 2.59 bits per heavy atom. The molecule has 0 saturated carbocycles. The summed E-state index contributed by atoms with van der Waals surface area (Å²) >= 11 is 0. The number of carbonyl (C=O) groups excluding carboxylic acids is 2. The first-order valence-electron chi connectivity index (χ1n) is 5.77. The second-order valence-electron chi connectivity index (χ2n) is 3.68. The molecule has 92 valence electrons. The predicted octanol–water partition coefficient (Wildman–Crippen LogP) is 2.24. The van der Waals surface area contributed by atoms with Crippen molar-refractivity contribution in [3.05, 3.63) is 35.4 Å². The summed E-state index contributed by atoms with van der Waals surface area (Å²) in [4.78, 5) is 27.6. The fraction of sp³-hybridized carbons (Fsp3) is 0.385. The number of hydroxylamine groups is 1. The molecule has 0 radical (unpaired) electrons. The summed E-state index contributed by atoms with van der Waals surface area (Å²) in [6.45, 7) is 3.84. The van der Waals surface area contributed by atoms with E-state index in [0.717, 1.165) is 18.4 Å². The SMILES string of the molecule is CCCC(=O)NOC(=O)c1ccccc1CC. The van der Waals surface area contributed by atoms with Crippen LogP contribution in [0.5, 0.6) is 0 Å². The summed E-state index contributed by atoms with van der Waals surface area (Å²) in [5.74, 6) is -0.804. The average Bonchev–Trinajstić information content (AvgIpc) is 2.36. The van der Waals surface area contributed by atoms with Gasteiger partial charge in [0.2, 0.25) is 0 Å². The van der Waals surface area contributed by atoms with Gasteiger partial charge in [-0.15, -0.1) is 0 Å². The molecule has 1 amide bonds. The Morgan fingerprint density at radius 1 is 1.24 bits per heavy atom. The highest BCUT2D eigenvalue weighted by atomic mass is 16.7. The van der Waals surface area contributed by atoms with E-state index in [0.29, 0.717) is 12.0 Å². The van der Waals surface area contributed by atoms with Crippen LogP contribution < -0.4 is 5.48 Å². The molecule has 0 bridgehead atoms. The number of rotatable bonds is 4. The van der Waals surface area contributed by atoms with E-state index in [4.69, 9.17) is 4.84 Å². The Hall–Kier alpha value is -1.84. The molecule has 1 N–H and O–H groups in total. The van der Waals surface area contributed by atoms with Gasteiger partial charge in [0, 0.05) is 6.42 Å². The van der Waals surface area contributed by atoms with Crippen molar-refractivity contribution >= 4 is 11.9 Å². The summed E-state index contributed by atoms with van der Waals surface area (Å²) in [6, 6.07) is 7.19. The van der Waals surface area contributed by atoms with Gasteiger partial charge in [-0.25, -0.2) is 4.79 Å². The summed E-state index contributed by atoms with van der Waals surface area (Å²) in [7, 11) is 0. The zero-order valence-electron chi connectivity index (χ0n) is 10.2. The number of carbonyl (C=O) groups is 2. The molecular formula is C13H17NO3. The van der Waals surface area contributed by atoms with Gasteiger partial charge in [0.05, 0.1) is 5.56 Å². The molecule has 1 rings (SSSR count). The van der Waals surface area contributed by atoms with Crippen LogP contribution in [-0.4, -0.2) is 11.9 Å². The van der Waals surface area contributed by atoms with Gasteiger partial charge >= 0.3 is 5.97 Å². The zero-order chi connectivity index (χ0) is 12.7. The third kappa shape index (κ3) is 3.90. The molecule has 0 atom stereocenters. The van der Waals surface area contributed by atoms with Gasteiger partial charge < -0.3 is 4.84 Å². The lowest BCUT2D eigenvalue weighted by molar-refractivity contribution is -0.130. The Bertz CT molecular complexity index is 401. The standard InChI is InChI=1S/C13H17NO3/c1-3-7-12(15)14-17-13(16)11-9-6-5-8-10(11)4-2/h5-6,8-9H,3-4,7H2,1-2H3,(H,14,15). The largest absolute Gasteiger partial charge is 0.363 e. The van der Waals surface area contributed by atoms with Gasteiger partial charge in [-0.2, -0.15) is 5.48 Å². The molecule has 4 nitrogen and oxygen atoms in total. The Balaban J connectivity index is 2.61. The minimum absolute atomic E-state index is 0.283. The maximum Gasteiger partial charge on any atom is 0.363 e. The van der Waals surface area contributed by atoms with Crippen LogP contribution in [0, 0.1) is 0 Å². The number of nitrogens with one attached hydrogen (secondary N) is 1. The number of amides is 1. The first-order valence-corrected chi connectivity index (χ1v) is 5.77. The number of hydrogen-bond donors (Lipinski definition) is 1. The third-order valence-electron chi connectivity index (χ3n) is 2.35. The second-order valence-corrected chi connectivity index (χ2v) is 3.68. The monoisotopic (exact) mass is 235 g/mol. The van der Waals surface area contributed by atoms with Crippen molar-refractivity contribution in [3.8, 4) is 0 Å². The molecular weight excluding hydrogens is 218 g/mol. The fourth-order valence-electron chi connectivity index (χ4n) is 1.46. The van der Waals surface area contributed by atoms with Gasteiger partial charge in [0.15, 0.2) is 0 Å². The van der Waals surface area contributed by atoms with E-state index in [1.165, 1.54) is 0 Å². The highest BCUT2D eigenvalue weighted by Crippen LogP contribution is 2.10. The molecule has 0 spiro atoms. The molecule has 0 aliphatic rings. The number of hydrogen-bond acceptors (Lipinski definition) is 3. The van der Waals surface area contributed by atoms with Crippen molar-refractivity contribution in [1.29, 1.82) is 0 Å². The van der Waals surface area contributed by atoms with Crippen LogP contribution in [0.2, 0.25) is 0 Å². The summed E-state index contributed by atoms with van der Waals surface area (Å²) in [6.07, 6.45) is 1.81. The molecule has 4 heteroatoms. The maximum absolute atomic E-state index is 11.7. The highest BCUT2D eigenvalue weighted by molar-refractivity contribution is 5.91. The molecule has 0 heterocycles. The molecule has 0 aliphatic heterocycles. The van der Waals surface area contributed by atoms with E-state index in [9.17, 15) is 9.59 Å². The third-order valence-corrected chi connectivity index (χ3v) is 2.35. The lowest BCUT2D eigenvalue weighted by atomic mass is 10.1. The minimum atomic E-state index is -0.521. The van der Waals surface area contributed by atoms with E-state index in [1.807, 2.05) is 26.0 Å². The second kappa shape index (κ2) is 6.68. The molecule has 0 unspecified atom stereocenters. The highest BCUT2D eigenvalue weighted by Gasteiger charge is 2.12. The van der Waals surface area contributed by atoms with E-state index in [2.05, 4.69) is 5.48 Å².